The molecule has 0 aromatic heterocycles. The van der Waals surface area contributed by atoms with Gasteiger partial charge in [-0.15, -0.1) is 0 Å². The van der Waals surface area contributed by atoms with Crippen LogP contribution in [0.2, 0.25) is 0 Å². The number of guanidine groups is 1. The molecule has 0 aliphatic carbocycles. The fourth-order valence-electron chi connectivity index (χ4n) is 2.28. The second-order valence-corrected chi connectivity index (χ2v) is 5.81. The molecule has 0 fully saturated rings. The van der Waals surface area contributed by atoms with Gasteiger partial charge in [0, 0.05) is 27.1 Å². The average molecular weight is 318 g/mol. The normalized spacial score (nSPS) is 16.5. The molecule has 126 valence electrons. The van der Waals surface area contributed by atoms with Crippen LogP contribution in [0.3, 0.4) is 0 Å². The summed E-state index contributed by atoms with van der Waals surface area (Å²) in [5.74, 6) is 1.59. The van der Waals surface area contributed by atoms with Crippen LogP contribution in [-0.2, 0) is 11.2 Å². The number of rotatable bonds is 6. The Balaban J connectivity index is 1.86. The Labute approximate surface area is 137 Å². The van der Waals surface area contributed by atoms with E-state index in [0.29, 0.717) is 12.5 Å². The fraction of sp³-hybridized carbons (Fsp3) is 0.529. The van der Waals surface area contributed by atoms with E-state index in [0.717, 1.165) is 25.1 Å². The van der Waals surface area contributed by atoms with Gasteiger partial charge in [-0.1, -0.05) is 25.1 Å². The van der Waals surface area contributed by atoms with Gasteiger partial charge in [-0.25, -0.2) is 4.99 Å². The van der Waals surface area contributed by atoms with Crippen molar-refractivity contribution in [2.45, 2.75) is 25.9 Å². The third-order valence-corrected chi connectivity index (χ3v) is 3.62. The van der Waals surface area contributed by atoms with E-state index in [1.54, 1.807) is 14.1 Å². The zero-order valence-corrected chi connectivity index (χ0v) is 14.1. The summed E-state index contributed by atoms with van der Waals surface area (Å²) < 4.78 is 5.91. The number of amides is 1. The summed E-state index contributed by atoms with van der Waals surface area (Å²) in [6, 6.07) is 8.10. The van der Waals surface area contributed by atoms with Crippen molar-refractivity contribution < 1.29 is 9.53 Å². The summed E-state index contributed by atoms with van der Waals surface area (Å²) in [6.07, 6.45) is 1.97. The summed E-state index contributed by atoms with van der Waals surface area (Å²) in [5, 5.41) is 6.49. The molecule has 0 spiro atoms. The SMILES string of the molecule is CCCNC(=NCC(=O)N(C)C)NCC1Cc2ccccc2O1. The molecule has 1 heterocycles. The van der Waals surface area contributed by atoms with E-state index >= 15 is 0 Å². The van der Waals surface area contributed by atoms with Crippen molar-refractivity contribution in [3.05, 3.63) is 29.8 Å². The highest BCUT2D eigenvalue weighted by Crippen LogP contribution is 2.27. The zero-order valence-electron chi connectivity index (χ0n) is 14.1. The number of hydrogen-bond donors (Lipinski definition) is 2. The fourth-order valence-corrected chi connectivity index (χ4v) is 2.28. The maximum absolute atomic E-state index is 11.7. The first-order valence-electron chi connectivity index (χ1n) is 8.07. The first kappa shape index (κ1) is 17.1. The van der Waals surface area contributed by atoms with E-state index in [1.165, 1.54) is 10.5 Å². The second-order valence-electron chi connectivity index (χ2n) is 5.81. The van der Waals surface area contributed by atoms with E-state index in [2.05, 4.69) is 28.6 Å². The van der Waals surface area contributed by atoms with Crippen molar-refractivity contribution in [1.29, 1.82) is 0 Å². The lowest BCUT2D eigenvalue weighted by Crippen LogP contribution is -2.43. The molecule has 2 N–H and O–H groups in total. The average Bonchev–Trinajstić information content (AvgIpc) is 2.96. The second kappa shape index (κ2) is 8.41. The Morgan fingerprint density at radius 3 is 2.83 bits per heavy atom. The molecule has 23 heavy (non-hydrogen) atoms. The van der Waals surface area contributed by atoms with Gasteiger partial charge in [0.05, 0.1) is 6.54 Å². The van der Waals surface area contributed by atoms with E-state index in [-0.39, 0.29) is 18.6 Å². The quantitative estimate of drug-likeness (QED) is 0.607. The Bertz CT molecular complexity index is 532. The third-order valence-electron chi connectivity index (χ3n) is 3.62. The zero-order chi connectivity index (χ0) is 16.7. The lowest BCUT2D eigenvalue weighted by atomic mass is 10.1. The van der Waals surface area contributed by atoms with Gasteiger partial charge in [-0.3, -0.25) is 4.79 Å². The molecule has 0 saturated heterocycles. The molecule has 6 heteroatoms. The largest absolute Gasteiger partial charge is 0.488 e. The smallest absolute Gasteiger partial charge is 0.243 e. The van der Waals surface area contributed by atoms with Gasteiger partial charge in [0.25, 0.3) is 0 Å². The molecule has 1 aliphatic rings. The molecular weight excluding hydrogens is 292 g/mol. The minimum absolute atomic E-state index is 0.0212. The lowest BCUT2D eigenvalue weighted by Gasteiger charge is -2.16. The molecule has 6 nitrogen and oxygen atoms in total. The number of carbonyl (C=O) groups excluding carboxylic acids is 1. The number of nitrogens with zero attached hydrogens (tertiary/aromatic N) is 2. The van der Waals surface area contributed by atoms with Crippen LogP contribution in [0.25, 0.3) is 0 Å². The lowest BCUT2D eigenvalue weighted by molar-refractivity contribution is -0.127. The number of likely N-dealkylation sites (N-methyl/N-ethyl adjacent to an activating group) is 1. The monoisotopic (exact) mass is 318 g/mol. The molecule has 0 saturated carbocycles. The maximum Gasteiger partial charge on any atom is 0.243 e. The predicted octanol–water partition coefficient (Wildman–Crippen LogP) is 1.02. The molecule has 1 unspecified atom stereocenters. The van der Waals surface area contributed by atoms with Crippen LogP contribution in [0, 0.1) is 0 Å². The van der Waals surface area contributed by atoms with Gasteiger partial charge in [0.15, 0.2) is 5.96 Å². The number of aliphatic imine (C=N–C) groups is 1. The molecule has 1 amide bonds. The van der Waals surface area contributed by atoms with Crippen LogP contribution < -0.4 is 15.4 Å². The summed E-state index contributed by atoms with van der Waals surface area (Å²) >= 11 is 0. The Kier molecular flexibility index (Phi) is 6.26. The first-order chi connectivity index (χ1) is 11.1. The predicted molar refractivity (Wildman–Crippen MR) is 91.9 cm³/mol. The molecule has 1 aliphatic heterocycles. The summed E-state index contributed by atoms with van der Waals surface area (Å²) in [7, 11) is 3.46. The van der Waals surface area contributed by atoms with Crippen LogP contribution in [0.5, 0.6) is 5.75 Å². The third kappa shape index (κ3) is 5.16. The van der Waals surface area contributed by atoms with Crippen LogP contribution in [0.4, 0.5) is 0 Å². The maximum atomic E-state index is 11.7. The molecule has 2 rings (SSSR count). The standard InChI is InChI=1S/C17H26N4O2/c1-4-9-18-17(20-12-16(22)21(2)3)19-11-14-10-13-7-5-6-8-15(13)23-14/h5-8,14H,4,9-12H2,1-3H3,(H2,18,19,20). The Morgan fingerprint density at radius 1 is 1.35 bits per heavy atom. The highest BCUT2D eigenvalue weighted by Gasteiger charge is 2.22. The number of ether oxygens (including phenoxy) is 1. The topological polar surface area (TPSA) is 66.0 Å². The van der Waals surface area contributed by atoms with Gasteiger partial charge in [-0.2, -0.15) is 0 Å². The molecule has 0 bridgehead atoms. The molecule has 1 atom stereocenters. The van der Waals surface area contributed by atoms with Gasteiger partial charge in [-0.05, 0) is 18.1 Å². The highest BCUT2D eigenvalue weighted by molar-refractivity contribution is 5.84. The van der Waals surface area contributed by atoms with Crippen molar-refractivity contribution >= 4 is 11.9 Å². The van der Waals surface area contributed by atoms with Crippen molar-refractivity contribution in [3.8, 4) is 5.75 Å². The number of fused-ring (bicyclic) bond motifs is 1. The number of carbonyl (C=O) groups is 1. The summed E-state index contributed by atoms with van der Waals surface area (Å²) in [5.41, 5.74) is 1.24. The molecule has 0 radical (unpaired) electrons. The summed E-state index contributed by atoms with van der Waals surface area (Å²) in [4.78, 5) is 17.5. The van der Waals surface area contributed by atoms with Gasteiger partial charge in [0.2, 0.25) is 5.91 Å². The highest BCUT2D eigenvalue weighted by atomic mass is 16.5. The Morgan fingerprint density at radius 2 is 2.13 bits per heavy atom. The van der Waals surface area contributed by atoms with Crippen molar-refractivity contribution in [3.63, 3.8) is 0 Å². The van der Waals surface area contributed by atoms with Gasteiger partial charge < -0.3 is 20.3 Å². The minimum atomic E-state index is -0.0212. The number of benzene rings is 1. The molecule has 1 aromatic carbocycles. The van der Waals surface area contributed by atoms with Crippen molar-refractivity contribution in [2.75, 3.05) is 33.7 Å². The van der Waals surface area contributed by atoms with Crippen LogP contribution in [0.1, 0.15) is 18.9 Å². The van der Waals surface area contributed by atoms with Crippen LogP contribution in [0.15, 0.2) is 29.3 Å². The van der Waals surface area contributed by atoms with Crippen LogP contribution in [-0.4, -0.2) is 56.6 Å². The Hall–Kier alpha value is -2.24. The number of nitrogens with one attached hydrogen (secondary N) is 2. The van der Waals surface area contributed by atoms with Gasteiger partial charge in [0.1, 0.15) is 18.4 Å². The van der Waals surface area contributed by atoms with E-state index in [4.69, 9.17) is 4.74 Å². The molecule has 1 aromatic rings. The van der Waals surface area contributed by atoms with Crippen molar-refractivity contribution in [1.82, 2.24) is 15.5 Å². The molecular formula is C17H26N4O2. The number of para-hydroxylation sites is 1. The first-order valence-corrected chi connectivity index (χ1v) is 8.07. The van der Waals surface area contributed by atoms with E-state index in [9.17, 15) is 4.79 Å². The van der Waals surface area contributed by atoms with Gasteiger partial charge >= 0.3 is 0 Å². The van der Waals surface area contributed by atoms with Crippen LogP contribution >= 0.6 is 0 Å². The summed E-state index contributed by atoms with van der Waals surface area (Å²) in [6.45, 7) is 3.69. The van der Waals surface area contributed by atoms with Crippen molar-refractivity contribution in [2.24, 2.45) is 4.99 Å². The number of hydrogen-bond acceptors (Lipinski definition) is 3. The minimum Gasteiger partial charge on any atom is -0.488 e. The van der Waals surface area contributed by atoms with E-state index < -0.39 is 0 Å². The van der Waals surface area contributed by atoms with E-state index in [1.807, 2.05) is 18.2 Å².